The van der Waals surface area contributed by atoms with Gasteiger partial charge in [0.05, 0.1) is 7.11 Å². The predicted molar refractivity (Wildman–Crippen MR) is 67.2 cm³/mol. The summed E-state index contributed by atoms with van der Waals surface area (Å²) >= 11 is 0. The Hall–Kier alpha value is -2.04. The molecule has 0 aliphatic heterocycles. The first-order valence-corrected chi connectivity index (χ1v) is 5.40. The van der Waals surface area contributed by atoms with Crippen LogP contribution in [0.25, 0.3) is 0 Å². The fourth-order valence-corrected chi connectivity index (χ4v) is 1.57. The van der Waals surface area contributed by atoms with Crippen LogP contribution in [0.15, 0.2) is 29.4 Å². The Balaban J connectivity index is 2.85. The molecule has 1 atom stereocenters. The first-order valence-electron chi connectivity index (χ1n) is 5.40. The van der Waals surface area contributed by atoms with Crippen LogP contribution in [0.1, 0.15) is 24.8 Å². The topological polar surface area (TPSA) is 76.7 Å². The molecule has 1 rings (SSSR count). The summed E-state index contributed by atoms with van der Waals surface area (Å²) in [7, 11) is 1.63. The van der Waals surface area contributed by atoms with Gasteiger partial charge in [0.1, 0.15) is 5.75 Å². The van der Waals surface area contributed by atoms with Crippen LogP contribution in [-0.4, -0.2) is 19.4 Å². The molecule has 5 heteroatoms. The van der Waals surface area contributed by atoms with Crippen LogP contribution in [0.5, 0.6) is 5.75 Å². The number of para-hydroxylation sites is 1. The van der Waals surface area contributed by atoms with Gasteiger partial charge in [0, 0.05) is 17.7 Å². The van der Waals surface area contributed by atoms with Gasteiger partial charge in [-0.3, -0.25) is 0 Å². The number of hydrazone groups is 1. The molecule has 92 valence electrons. The number of hydrogen-bond acceptors (Lipinski definition) is 3. The van der Waals surface area contributed by atoms with Crippen molar-refractivity contribution in [2.75, 3.05) is 7.11 Å². The van der Waals surface area contributed by atoms with Crippen molar-refractivity contribution < 1.29 is 9.53 Å². The van der Waals surface area contributed by atoms with Gasteiger partial charge in [0.2, 0.25) is 0 Å². The maximum absolute atomic E-state index is 10.5. The molecule has 0 saturated heterocycles. The number of nitrogens with one attached hydrogen (secondary N) is 1. The molecule has 0 saturated carbocycles. The second kappa shape index (κ2) is 6.52. The number of urea groups is 1. The minimum Gasteiger partial charge on any atom is -0.496 e. The van der Waals surface area contributed by atoms with Crippen molar-refractivity contribution in [3.8, 4) is 5.75 Å². The molecule has 0 aromatic heterocycles. The molecule has 3 N–H and O–H groups in total. The number of benzene rings is 1. The Morgan fingerprint density at radius 1 is 1.59 bits per heavy atom. The first kappa shape index (κ1) is 13.0. The van der Waals surface area contributed by atoms with E-state index in [1.165, 1.54) is 0 Å². The first-order chi connectivity index (χ1) is 8.19. The summed E-state index contributed by atoms with van der Waals surface area (Å²) in [6.07, 6.45) is 2.51. The lowest BCUT2D eigenvalue weighted by Gasteiger charge is -2.13. The van der Waals surface area contributed by atoms with Gasteiger partial charge in [-0.05, 0) is 12.5 Å². The monoisotopic (exact) mass is 235 g/mol. The second-order valence-corrected chi connectivity index (χ2v) is 3.51. The third kappa shape index (κ3) is 3.79. The molecule has 0 aliphatic rings. The second-order valence-electron chi connectivity index (χ2n) is 3.51. The minimum absolute atomic E-state index is 0.0815. The van der Waals surface area contributed by atoms with E-state index in [1.807, 2.05) is 31.2 Å². The number of rotatable bonds is 5. The summed E-state index contributed by atoms with van der Waals surface area (Å²) in [5.74, 6) is 0.892. The number of nitrogens with two attached hydrogens (primary N) is 1. The predicted octanol–water partition coefficient (Wildman–Crippen LogP) is 1.84. The number of carbonyl (C=O) groups is 1. The van der Waals surface area contributed by atoms with Crippen LogP contribution in [0.4, 0.5) is 4.79 Å². The highest BCUT2D eigenvalue weighted by molar-refractivity contribution is 5.75. The Bertz CT molecular complexity index is 404. The normalized spacial score (nSPS) is 12.4. The van der Waals surface area contributed by atoms with Crippen LogP contribution >= 0.6 is 0 Å². The van der Waals surface area contributed by atoms with E-state index in [-0.39, 0.29) is 5.92 Å². The van der Waals surface area contributed by atoms with Crippen molar-refractivity contribution in [1.29, 1.82) is 0 Å². The summed E-state index contributed by atoms with van der Waals surface area (Å²) < 4.78 is 5.28. The van der Waals surface area contributed by atoms with E-state index in [0.717, 1.165) is 17.7 Å². The zero-order valence-corrected chi connectivity index (χ0v) is 10.0. The average molecular weight is 235 g/mol. The molecule has 0 spiro atoms. The van der Waals surface area contributed by atoms with E-state index >= 15 is 0 Å². The molecular formula is C12H17N3O2. The van der Waals surface area contributed by atoms with Crippen molar-refractivity contribution >= 4 is 12.2 Å². The lowest BCUT2D eigenvalue weighted by atomic mass is 9.97. The molecule has 1 unspecified atom stereocenters. The Morgan fingerprint density at radius 3 is 2.88 bits per heavy atom. The lowest BCUT2D eigenvalue weighted by molar-refractivity contribution is 0.249. The van der Waals surface area contributed by atoms with Crippen molar-refractivity contribution in [1.82, 2.24) is 5.43 Å². The lowest BCUT2D eigenvalue weighted by Crippen LogP contribution is -2.24. The van der Waals surface area contributed by atoms with E-state index < -0.39 is 6.03 Å². The van der Waals surface area contributed by atoms with Crippen LogP contribution in [-0.2, 0) is 0 Å². The van der Waals surface area contributed by atoms with Crippen molar-refractivity contribution in [2.24, 2.45) is 10.8 Å². The molecule has 1 aromatic carbocycles. The Kier molecular flexibility index (Phi) is 5.00. The van der Waals surface area contributed by atoms with Crippen molar-refractivity contribution in [3.05, 3.63) is 29.8 Å². The quantitative estimate of drug-likeness (QED) is 0.603. The number of nitrogens with zero attached hydrogens (tertiary/aromatic N) is 1. The van der Waals surface area contributed by atoms with E-state index in [2.05, 4.69) is 10.5 Å². The minimum atomic E-state index is -0.670. The molecule has 2 amide bonds. The van der Waals surface area contributed by atoms with E-state index in [4.69, 9.17) is 10.5 Å². The fourth-order valence-electron chi connectivity index (χ4n) is 1.57. The molecule has 17 heavy (non-hydrogen) atoms. The average Bonchev–Trinajstić information content (AvgIpc) is 2.34. The van der Waals surface area contributed by atoms with Gasteiger partial charge in [0.25, 0.3) is 0 Å². The van der Waals surface area contributed by atoms with Crippen molar-refractivity contribution in [2.45, 2.75) is 19.3 Å². The SMILES string of the molecule is CCC(C=NNC(N)=O)c1ccccc1OC. The maximum atomic E-state index is 10.5. The van der Waals surface area contributed by atoms with Crippen LogP contribution in [0.2, 0.25) is 0 Å². The zero-order chi connectivity index (χ0) is 12.7. The summed E-state index contributed by atoms with van der Waals surface area (Å²) in [6.45, 7) is 2.04. The number of methoxy groups -OCH3 is 1. The van der Waals surface area contributed by atoms with Crippen LogP contribution < -0.4 is 15.9 Å². The van der Waals surface area contributed by atoms with E-state index in [9.17, 15) is 4.79 Å². The summed E-state index contributed by atoms with van der Waals surface area (Å²) in [4.78, 5) is 10.5. The molecule has 0 fully saturated rings. The number of primary amides is 1. The fraction of sp³-hybridized carbons (Fsp3) is 0.333. The largest absolute Gasteiger partial charge is 0.496 e. The maximum Gasteiger partial charge on any atom is 0.332 e. The number of carbonyl (C=O) groups excluding carboxylic acids is 1. The standard InChI is InChI=1S/C12H17N3O2/c1-3-9(8-14-15-12(13)16)10-6-4-5-7-11(10)17-2/h4-9H,3H2,1-2H3,(H3,13,15,16). The highest BCUT2D eigenvalue weighted by Gasteiger charge is 2.11. The van der Waals surface area contributed by atoms with Crippen LogP contribution in [0, 0.1) is 0 Å². The molecular weight excluding hydrogens is 218 g/mol. The summed E-state index contributed by atoms with van der Waals surface area (Å²) in [5, 5.41) is 3.79. The Morgan fingerprint density at radius 2 is 2.29 bits per heavy atom. The van der Waals surface area contributed by atoms with Gasteiger partial charge in [-0.1, -0.05) is 25.1 Å². The number of hydrogen-bond donors (Lipinski definition) is 2. The smallest absolute Gasteiger partial charge is 0.332 e. The van der Waals surface area contributed by atoms with Gasteiger partial charge in [0.15, 0.2) is 0 Å². The molecule has 5 nitrogen and oxygen atoms in total. The molecule has 0 bridgehead atoms. The van der Waals surface area contributed by atoms with Crippen molar-refractivity contribution in [3.63, 3.8) is 0 Å². The van der Waals surface area contributed by atoms with Gasteiger partial charge in [-0.25, -0.2) is 10.2 Å². The molecule has 0 heterocycles. The molecule has 0 radical (unpaired) electrons. The van der Waals surface area contributed by atoms with Gasteiger partial charge in [-0.2, -0.15) is 5.10 Å². The molecule has 1 aromatic rings. The Labute approximate surface area is 101 Å². The third-order valence-electron chi connectivity index (χ3n) is 2.41. The van der Waals surface area contributed by atoms with Gasteiger partial charge in [-0.15, -0.1) is 0 Å². The molecule has 0 aliphatic carbocycles. The summed E-state index contributed by atoms with van der Waals surface area (Å²) in [5.41, 5.74) is 8.15. The zero-order valence-electron chi connectivity index (χ0n) is 10.0. The van der Waals surface area contributed by atoms with Gasteiger partial charge < -0.3 is 10.5 Å². The third-order valence-corrected chi connectivity index (χ3v) is 2.41. The van der Waals surface area contributed by atoms with Crippen LogP contribution in [0.3, 0.4) is 0 Å². The van der Waals surface area contributed by atoms with E-state index in [1.54, 1.807) is 13.3 Å². The highest BCUT2D eigenvalue weighted by Crippen LogP contribution is 2.27. The van der Waals surface area contributed by atoms with Gasteiger partial charge >= 0.3 is 6.03 Å². The van der Waals surface area contributed by atoms with E-state index in [0.29, 0.717) is 0 Å². The number of amides is 2. The highest BCUT2D eigenvalue weighted by atomic mass is 16.5. The summed E-state index contributed by atoms with van der Waals surface area (Å²) in [6, 6.07) is 7.05. The number of ether oxygens (including phenoxy) is 1.